The number of ether oxygens (including phenoxy) is 3. The van der Waals surface area contributed by atoms with Crippen LogP contribution in [0.1, 0.15) is 23.6 Å². The van der Waals surface area contributed by atoms with Gasteiger partial charge in [0.1, 0.15) is 6.61 Å². The Balaban J connectivity index is 2.01. The summed E-state index contributed by atoms with van der Waals surface area (Å²) in [4.78, 5) is 0. The Bertz CT molecular complexity index is 709. The summed E-state index contributed by atoms with van der Waals surface area (Å²) < 4.78 is 17.0. The molecule has 2 N–H and O–H groups in total. The van der Waals surface area contributed by atoms with E-state index in [1.54, 1.807) is 0 Å². The minimum atomic E-state index is 0.0390. The zero-order valence-electron chi connectivity index (χ0n) is 16.0. The summed E-state index contributed by atoms with van der Waals surface area (Å²) >= 11 is 6.47. The van der Waals surface area contributed by atoms with Crippen molar-refractivity contribution < 1.29 is 19.3 Å². The average molecular weight is 394 g/mol. The number of halogens is 1. The van der Waals surface area contributed by atoms with Crippen molar-refractivity contribution >= 4 is 11.6 Å². The van der Waals surface area contributed by atoms with Crippen LogP contribution in [0.4, 0.5) is 0 Å². The summed E-state index contributed by atoms with van der Waals surface area (Å²) in [6.07, 6.45) is 0. The van der Waals surface area contributed by atoms with Crippen LogP contribution in [0.15, 0.2) is 36.4 Å². The van der Waals surface area contributed by atoms with Gasteiger partial charge in [-0.15, -0.1) is 0 Å². The third-order valence-corrected chi connectivity index (χ3v) is 4.27. The second-order valence-corrected chi connectivity index (χ2v) is 6.47. The molecule has 0 aromatic heterocycles. The van der Waals surface area contributed by atoms with E-state index in [1.807, 2.05) is 37.3 Å². The molecule has 6 heteroatoms. The minimum Gasteiger partial charge on any atom is -0.490 e. The standard InChI is InChI=1S/C21H28ClNO4/c1-3-26-20-13-17(14-23-8-10-25-11-9-24)12-19(22)21(20)27-15-18-7-5-4-6-16(18)2/h4-7,12-13,23-24H,3,8-11,14-15H2,1-2H3. The maximum atomic E-state index is 8.68. The molecule has 0 amide bonds. The molecule has 0 fully saturated rings. The topological polar surface area (TPSA) is 60.0 Å². The van der Waals surface area contributed by atoms with Crippen molar-refractivity contribution in [1.82, 2.24) is 5.32 Å². The van der Waals surface area contributed by atoms with Gasteiger partial charge in [0.2, 0.25) is 0 Å². The molecule has 0 heterocycles. The van der Waals surface area contributed by atoms with E-state index in [0.717, 1.165) is 11.1 Å². The van der Waals surface area contributed by atoms with E-state index in [4.69, 9.17) is 30.9 Å². The number of aliphatic hydroxyl groups is 1. The number of hydrogen-bond donors (Lipinski definition) is 2. The molecule has 0 bridgehead atoms. The lowest BCUT2D eigenvalue weighted by Crippen LogP contribution is -2.20. The lowest BCUT2D eigenvalue weighted by Gasteiger charge is -2.16. The van der Waals surface area contributed by atoms with Gasteiger partial charge in [0.25, 0.3) is 0 Å². The first-order chi connectivity index (χ1) is 13.2. The molecule has 0 saturated heterocycles. The Morgan fingerprint density at radius 2 is 1.93 bits per heavy atom. The quantitative estimate of drug-likeness (QED) is 0.538. The highest BCUT2D eigenvalue weighted by Crippen LogP contribution is 2.37. The molecular formula is C21H28ClNO4. The molecule has 0 radical (unpaired) electrons. The predicted molar refractivity (Wildman–Crippen MR) is 108 cm³/mol. The smallest absolute Gasteiger partial charge is 0.180 e. The highest BCUT2D eigenvalue weighted by atomic mass is 35.5. The number of aliphatic hydroxyl groups excluding tert-OH is 1. The van der Waals surface area contributed by atoms with E-state index in [-0.39, 0.29) is 6.61 Å². The number of benzene rings is 2. The molecular weight excluding hydrogens is 366 g/mol. The molecule has 0 aliphatic heterocycles. The molecule has 0 aliphatic rings. The molecule has 148 valence electrons. The number of nitrogens with one attached hydrogen (secondary N) is 1. The normalized spacial score (nSPS) is 10.8. The molecule has 27 heavy (non-hydrogen) atoms. The van der Waals surface area contributed by atoms with Crippen LogP contribution in [0.5, 0.6) is 11.5 Å². The van der Waals surface area contributed by atoms with Gasteiger partial charge in [-0.1, -0.05) is 35.9 Å². The number of rotatable bonds is 12. The highest BCUT2D eigenvalue weighted by molar-refractivity contribution is 6.32. The van der Waals surface area contributed by atoms with Crippen LogP contribution in [0.2, 0.25) is 5.02 Å². The van der Waals surface area contributed by atoms with Crippen molar-refractivity contribution in [3.05, 3.63) is 58.1 Å². The second-order valence-electron chi connectivity index (χ2n) is 6.07. The van der Waals surface area contributed by atoms with E-state index >= 15 is 0 Å². The second kappa shape index (κ2) is 11.8. The summed E-state index contributed by atoms with van der Waals surface area (Å²) in [5.74, 6) is 1.21. The third kappa shape index (κ3) is 7.03. The molecule has 2 aromatic rings. The van der Waals surface area contributed by atoms with Gasteiger partial charge in [-0.05, 0) is 42.7 Å². The lowest BCUT2D eigenvalue weighted by molar-refractivity contribution is 0.0938. The maximum absolute atomic E-state index is 8.68. The fourth-order valence-corrected chi connectivity index (χ4v) is 2.88. The van der Waals surface area contributed by atoms with Crippen molar-refractivity contribution in [3.8, 4) is 11.5 Å². The Labute approximate surface area is 166 Å². The Kier molecular flexibility index (Phi) is 9.42. The van der Waals surface area contributed by atoms with Crippen LogP contribution < -0.4 is 14.8 Å². The fraction of sp³-hybridized carbons (Fsp3) is 0.429. The van der Waals surface area contributed by atoms with Gasteiger partial charge in [-0.3, -0.25) is 0 Å². The first kappa shape index (κ1) is 21.5. The average Bonchev–Trinajstić information content (AvgIpc) is 2.65. The molecule has 0 saturated carbocycles. The van der Waals surface area contributed by atoms with Gasteiger partial charge >= 0.3 is 0 Å². The van der Waals surface area contributed by atoms with Crippen LogP contribution in [-0.2, 0) is 17.9 Å². The number of hydrogen-bond acceptors (Lipinski definition) is 5. The lowest BCUT2D eigenvalue weighted by atomic mass is 10.1. The van der Waals surface area contributed by atoms with Gasteiger partial charge in [0.05, 0.1) is 31.5 Å². The van der Waals surface area contributed by atoms with Crippen LogP contribution in [0, 0.1) is 6.92 Å². The molecule has 0 spiro atoms. The summed E-state index contributed by atoms with van der Waals surface area (Å²) in [5, 5.41) is 12.5. The maximum Gasteiger partial charge on any atom is 0.180 e. The number of aryl methyl sites for hydroxylation is 1. The molecule has 2 rings (SSSR count). The van der Waals surface area contributed by atoms with Crippen LogP contribution in [0.25, 0.3) is 0 Å². The zero-order valence-corrected chi connectivity index (χ0v) is 16.7. The Hall–Kier alpha value is -1.79. The van der Waals surface area contributed by atoms with Crippen LogP contribution in [0.3, 0.4) is 0 Å². The van der Waals surface area contributed by atoms with Gasteiger partial charge < -0.3 is 24.6 Å². The van der Waals surface area contributed by atoms with E-state index in [9.17, 15) is 0 Å². The molecule has 0 unspecified atom stereocenters. The Morgan fingerprint density at radius 3 is 2.67 bits per heavy atom. The van der Waals surface area contributed by atoms with Gasteiger partial charge in [0.15, 0.2) is 11.5 Å². The SMILES string of the molecule is CCOc1cc(CNCCOCCO)cc(Cl)c1OCc1ccccc1C. The summed E-state index contributed by atoms with van der Waals surface area (Å²) in [6.45, 7) is 7.23. The van der Waals surface area contributed by atoms with Crippen molar-refractivity contribution in [2.24, 2.45) is 0 Å². The molecule has 5 nitrogen and oxygen atoms in total. The Morgan fingerprint density at radius 1 is 1.11 bits per heavy atom. The predicted octanol–water partition coefficient (Wildman–Crippen LogP) is 3.72. The van der Waals surface area contributed by atoms with Crippen molar-refractivity contribution in [2.75, 3.05) is 33.0 Å². The largest absolute Gasteiger partial charge is 0.490 e. The van der Waals surface area contributed by atoms with Crippen molar-refractivity contribution in [1.29, 1.82) is 0 Å². The van der Waals surface area contributed by atoms with E-state index in [1.165, 1.54) is 5.56 Å². The van der Waals surface area contributed by atoms with E-state index < -0.39 is 0 Å². The van der Waals surface area contributed by atoms with Crippen molar-refractivity contribution in [2.45, 2.75) is 27.0 Å². The third-order valence-electron chi connectivity index (χ3n) is 3.99. The van der Waals surface area contributed by atoms with Gasteiger partial charge in [-0.2, -0.15) is 0 Å². The van der Waals surface area contributed by atoms with E-state index in [0.29, 0.717) is 56.0 Å². The molecule has 2 aromatic carbocycles. The molecule has 0 atom stereocenters. The zero-order chi connectivity index (χ0) is 19.5. The minimum absolute atomic E-state index is 0.0390. The monoisotopic (exact) mass is 393 g/mol. The summed E-state index contributed by atoms with van der Waals surface area (Å²) in [7, 11) is 0. The first-order valence-electron chi connectivity index (χ1n) is 9.17. The van der Waals surface area contributed by atoms with Crippen LogP contribution >= 0.6 is 11.6 Å². The van der Waals surface area contributed by atoms with Crippen molar-refractivity contribution in [3.63, 3.8) is 0 Å². The first-order valence-corrected chi connectivity index (χ1v) is 9.55. The summed E-state index contributed by atoms with van der Waals surface area (Å²) in [5.41, 5.74) is 3.30. The fourth-order valence-electron chi connectivity index (χ4n) is 2.59. The highest BCUT2D eigenvalue weighted by Gasteiger charge is 2.13. The van der Waals surface area contributed by atoms with Gasteiger partial charge in [-0.25, -0.2) is 0 Å². The van der Waals surface area contributed by atoms with Gasteiger partial charge in [0, 0.05) is 13.1 Å². The molecule has 0 aliphatic carbocycles. The summed E-state index contributed by atoms with van der Waals surface area (Å²) in [6, 6.07) is 11.9. The van der Waals surface area contributed by atoms with E-state index in [2.05, 4.69) is 18.3 Å². The van der Waals surface area contributed by atoms with Crippen LogP contribution in [-0.4, -0.2) is 38.1 Å².